The Hall–Kier alpha value is -1.20. The fourth-order valence-corrected chi connectivity index (χ4v) is 1.88. The molecule has 0 saturated carbocycles. The highest BCUT2D eigenvalue weighted by molar-refractivity contribution is 9.10. The van der Waals surface area contributed by atoms with E-state index in [0.717, 1.165) is 22.0 Å². The molecule has 0 radical (unpaired) electrons. The number of nitrogens with zero attached hydrogens (tertiary/aromatic N) is 2. The van der Waals surface area contributed by atoms with Crippen molar-refractivity contribution in [1.82, 2.24) is 10.1 Å². The van der Waals surface area contributed by atoms with Gasteiger partial charge in [-0.15, -0.1) is 0 Å². The largest absolute Gasteiger partial charge is 0.334 e. The summed E-state index contributed by atoms with van der Waals surface area (Å²) in [5, 5.41) is 3.91. The Morgan fingerprint density at radius 3 is 2.94 bits per heavy atom. The molecule has 4 nitrogen and oxygen atoms in total. The molecule has 2 rings (SSSR count). The van der Waals surface area contributed by atoms with Crippen molar-refractivity contribution in [3.05, 3.63) is 34.1 Å². The van der Waals surface area contributed by atoms with Gasteiger partial charge in [-0.3, -0.25) is 0 Å². The molecule has 17 heavy (non-hydrogen) atoms. The van der Waals surface area contributed by atoms with Crippen LogP contribution in [0.2, 0.25) is 0 Å². The molecule has 0 fully saturated rings. The minimum absolute atomic E-state index is 0.167. The maximum atomic E-state index is 5.86. The molecule has 0 spiro atoms. The summed E-state index contributed by atoms with van der Waals surface area (Å²) in [5.74, 6) is 1.07. The molecule has 2 aromatic rings. The zero-order valence-corrected chi connectivity index (χ0v) is 11.4. The van der Waals surface area contributed by atoms with Gasteiger partial charge >= 0.3 is 0 Å². The molecule has 0 amide bonds. The molecular formula is C12H14BrN3O. The molecule has 0 bridgehead atoms. The van der Waals surface area contributed by atoms with Crippen molar-refractivity contribution in [1.29, 1.82) is 0 Å². The lowest BCUT2D eigenvalue weighted by atomic mass is 10.1. The number of rotatable bonds is 3. The van der Waals surface area contributed by atoms with Crippen molar-refractivity contribution < 1.29 is 4.52 Å². The normalized spacial score (nSPS) is 12.7. The monoisotopic (exact) mass is 295 g/mol. The van der Waals surface area contributed by atoms with E-state index in [1.807, 2.05) is 32.0 Å². The lowest BCUT2D eigenvalue weighted by molar-refractivity contribution is 0.415. The van der Waals surface area contributed by atoms with E-state index in [2.05, 4.69) is 26.1 Å². The van der Waals surface area contributed by atoms with Crippen molar-refractivity contribution in [2.75, 3.05) is 0 Å². The third-order valence-electron chi connectivity index (χ3n) is 2.71. The summed E-state index contributed by atoms with van der Waals surface area (Å²) in [5.41, 5.74) is 7.87. The molecule has 1 aromatic heterocycles. The SMILES string of the molecule is CCC(N)c1noc(-c2cccc(Br)c2C)n1. The van der Waals surface area contributed by atoms with Crippen LogP contribution in [0.5, 0.6) is 0 Å². The highest BCUT2D eigenvalue weighted by Gasteiger charge is 2.15. The maximum Gasteiger partial charge on any atom is 0.258 e. The highest BCUT2D eigenvalue weighted by atomic mass is 79.9. The van der Waals surface area contributed by atoms with Crippen molar-refractivity contribution in [2.24, 2.45) is 5.73 Å². The first-order chi connectivity index (χ1) is 8.13. The molecule has 1 aromatic carbocycles. The summed E-state index contributed by atoms with van der Waals surface area (Å²) in [6.45, 7) is 3.99. The van der Waals surface area contributed by atoms with Crippen LogP contribution in [0, 0.1) is 6.92 Å². The minimum Gasteiger partial charge on any atom is -0.334 e. The first-order valence-corrected chi connectivity index (χ1v) is 6.27. The van der Waals surface area contributed by atoms with Gasteiger partial charge in [-0.1, -0.05) is 34.1 Å². The second-order valence-corrected chi connectivity index (χ2v) is 4.74. The summed E-state index contributed by atoms with van der Waals surface area (Å²) in [7, 11) is 0. The Morgan fingerprint density at radius 1 is 1.47 bits per heavy atom. The number of halogens is 1. The van der Waals surface area contributed by atoms with Gasteiger partial charge in [0, 0.05) is 10.0 Å². The van der Waals surface area contributed by atoms with E-state index in [0.29, 0.717) is 11.7 Å². The van der Waals surface area contributed by atoms with E-state index < -0.39 is 0 Å². The predicted octanol–water partition coefficient (Wildman–Crippen LogP) is 3.22. The topological polar surface area (TPSA) is 64.9 Å². The second kappa shape index (κ2) is 4.98. The fourth-order valence-electron chi connectivity index (χ4n) is 1.52. The van der Waals surface area contributed by atoms with E-state index in [1.54, 1.807) is 0 Å². The zero-order chi connectivity index (χ0) is 12.4. The van der Waals surface area contributed by atoms with Crippen molar-refractivity contribution in [2.45, 2.75) is 26.3 Å². The van der Waals surface area contributed by atoms with Crippen LogP contribution in [0.1, 0.15) is 30.8 Å². The molecular weight excluding hydrogens is 282 g/mol. The number of hydrogen-bond acceptors (Lipinski definition) is 4. The molecule has 2 N–H and O–H groups in total. The van der Waals surface area contributed by atoms with E-state index in [4.69, 9.17) is 10.3 Å². The van der Waals surface area contributed by atoms with Crippen LogP contribution < -0.4 is 5.73 Å². The van der Waals surface area contributed by atoms with E-state index >= 15 is 0 Å². The number of aromatic nitrogens is 2. The number of nitrogens with two attached hydrogens (primary N) is 1. The second-order valence-electron chi connectivity index (χ2n) is 3.88. The van der Waals surface area contributed by atoms with Gasteiger partial charge in [-0.2, -0.15) is 4.98 Å². The molecule has 0 aliphatic carbocycles. The van der Waals surface area contributed by atoms with Crippen molar-refractivity contribution >= 4 is 15.9 Å². The zero-order valence-electron chi connectivity index (χ0n) is 9.77. The Kier molecular flexibility index (Phi) is 3.59. The third kappa shape index (κ3) is 2.40. The molecule has 0 aliphatic heterocycles. The van der Waals surface area contributed by atoms with Gasteiger partial charge in [-0.25, -0.2) is 0 Å². The van der Waals surface area contributed by atoms with Crippen LogP contribution in [-0.2, 0) is 0 Å². The van der Waals surface area contributed by atoms with Crippen LogP contribution in [0.3, 0.4) is 0 Å². The van der Waals surface area contributed by atoms with Gasteiger partial charge in [0.15, 0.2) is 5.82 Å². The van der Waals surface area contributed by atoms with Crippen LogP contribution in [-0.4, -0.2) is 10.1 Å². The molecule has 0 aliphatic rings. The Morgan fingerprint density at radius 2 is 2.24 bits per heavy atom. The molecule has 1 unspecified atom stereocenters. The summed E-state index contributed by atoms with van der Waals surface area (Å²) in [6, 6.07) is 5.71. The van der Waals surface area contributed by atoms with Gasteiger partial charge in [0.25, 0.3) is 5.89 Å². The van der Waals surface area contributed by atoms with Crippen LogP contribution in [0.4, 0.5) is 0 Å². The van der Waals surface area contributed by atoms with Crippen LogP contribution >= 0.6 is 15.9 Å². The lowest BCUT2D eigenvalue weighted by Gasteiger charge is -2.02. The predicted molar refractivity (Wildman–Crippen MR) is 69.4 cm³/mol. The summed E-state index contributed by atoms with van der Waals surface area (Å²) >= 11 is 3.48. The Labute approximate surface area is 108 Å². The molecule has 1 atom stereocenters. The third-order valence-corrected chi connectivity index (χ3v) is 3.57. The quantitative estimate of drug-likeness (QED) is 0.944. The maximum absolute atomic E-state index is 5.86. The Bertz CT molecular complexity index is 524. The van der Waals surface area contributed by atoms with E-state index in [9.17, 15) is 0 Å². The summed E-state index contributed by atoms with van der Waals surface area (Å²) in [6.07, 6.45) is 0.788. The summed E-state index contributed by atoms with van der Waals surface area (Å²) in [4.78, 5) is 4.33. The van der Waals surface area contributed by atoms with Crippen LogP contribution in [0.25, 0.3) is 11.5 Å². The molecule has 5 heteroatoms. The van der Waals surface area contributed by atoms with Gasteiger partial charge in [0.2, 0.25) is 0 Å². The molecule has 0 saturated heterocycles. The standard InChI is InChI=1S/C12H14BrN3O/c1-3-10(14)11-15-12(17-16-11)8-5-4-6-9(13)7(8)2/h4-6,10H,3,14H2,1-2H3. The average Bonchev–Trinajstić information content (AvgIpc) is 2.81. The van der Waals surface area contributed by atoms with Gasteiger partial charge < -0.3 is 10.3 Å². The first kappa shape index (κ1) is 12.3. The highest BCUT2D eigenvalue weighted by Crippen LogP contribution is 2.28. The molecule has 90 valence electrons. The average molecular weight is 296 g/mol. The smallest absolute Gasteiger partial charge is 0.258 e. The minimum atomic E-state index is -0.167. The lowest BCUT2D eigenvalue weighted by Crippen LogP contribution is -2.10. The van der Waals surface area contributed by atoms with Crippen molar-refractivity contribution in [3.8, 4) is 11.5 Å². The van der Waals surface area contributed by atoms with Gasteiger partial charge in [-0.05, 0) is 31.0 Å². The van der Waals surface area contributed by atoms with Gasteiger partial charge in [0.1, 0.15) is 0 Å². The van der Waals surface area contributed by atoms with Gasteiger partial charge in [0.05, 0.1) is 6.04 Å². The number of benzene rings is 1. The Balaban J connectivity index is 2.40. The van der Waals surface area contributed by atoms with Crippen LogP contribution in [0.15, 0.2) is 27.2 Å². The van der Waals surface area contributed by atoms with E-state index in [1.165, 1.54) is 0 Å². The fraction of sp³-hybridized carbons (Fsp3) is 0.333. The van der Waals surface area contributed by atoms with E-state index in [-0.39, 0.29) is 6.04 Å². The molecule has 1 heterocycles. The van der Waals surface area contributed by atoms with Crippen molar-refractivity contribution in [3.63, 3.8) is 0 Å². The first-order valence-electron chi connectivity index (χ1n) is 5.48. The number of hydrogen-bond donors (Lipinski definition) is 1. The summed E-state index contributed by atoms with van der Waals surface area (Å²) < 4.78 is 6.27.